The van der Waals surface area contributed by atoms with Crippen LogP contribution < -0.4 is 5.32 Å². The number of amides is 1. The molecule has 3 rings (SSSR count). The Kier molecular flexibility index (Phi) is 5.60. The third-order valence-electron chi connectivity index (χ3n) is 5.56. The molecule has 0 atom stereocenters. The normalized spacial score (nSPS) is 18.1. The molecule has 1 fully saturated rings. The molecule has 154 valence electrons. The highest BCUT2D eigenvalue weighted by molar-refractivity contribution is 6.56. The van der Waals surface area contributed by atoms with Crippen molar-refractivity contribution < 1.29 is 23.6 Å². The van der Waals surface area contributed by atoms with Gasteiger partial charge in [0.15, 0.2) is 0 Å². The number of aromatic amines is 1. The van der Waals surface area contributed by atoms with E-state index in [0.29, 0.717) is 12.1 Å². The zero-order chi connectivity index (χ0) is 21.4. The van der Waals surface area contributed by atoms with Gasteiger partial charge in [-0.15, -0.1) is 0 Å². The minimum atomic E-state index is -0.589. The van der Waals surface area contributed by atoms with Crippen LogP contribution in [-0.4, -0.2) is 48.8 Å². The van der Waals surface area contributed by atoms with Crippen LogP contribution >= 0.6 is 0 Å². The van der Waals surface area contributed by atoms with E-state index in [1.807, 2.05) is 52.0 Å². The fourth-order valence-corrected chi connectivity index (χ4v) is 3.14. The number of nitrogens with one attached hydrogen (secondary N) is 2. The van der Waals surface area contributed by atoms with Crippen molar-refractivity contribution in [2.24, 2.45) is 0 Å². The standard InChI is InChI=1S/C21H27BN2O5/c1-13(25)23-11-15(22-28-20(2,3)21(4,5)29-22)9-14-7-8-18-16(10-14)17(12-24-18)19(26)27-6/h7-10,12,24H,11H2,1-6H3,(H,23,25). The molecule has 7 nitrogen and oxygen atoms in total. The van der Waals surface area contributed by atoms with Gasteiger partial charge in [0, 0.05) is 30.6 Å². The largest absolute Gasteiger partial charge is 0.492 e. The lowest BCUT2D eigenvalue weighted by Gasteiger charge is -2.32. The van der Waals surface area contributed by atoms with Crippen LogP contribution in [0.4, 0.5) is 0 Å². The predicted molar refractivity (Wildman–Crippen MR) is 112 cm³/mol. The Hall–Kier alpha value is -2.58. The van der Waals surface area contributed by atoms with Gasteiger partial charge < -0.3 is 24.3 Å². The first-order valence-electron chi connectivity index (χ1n) is 9.54. The van der Waals surface area contributed by atoms with Crippen LogP contribution in [0.5, 0.6) is 0 Å². The van der Waals surface area contributed by atoms with Crippen molar-refractivity contribution in [1.29, 1.82) is 0 Å². The second-order valence-corrected chi connectivity index (χ2v) is 8.22. The number of hydrogen-bond donors (Lipinski definition) is 2. The maximum absolute atomic E-state index is 12.0. The molecule has 2 heterocycles. The topological polar surface area (TPSA) is 89.7 Å². The minimum Gasteiger partial charge on any atom is -0.465 e. The van der Waals surface area contributed by atoms with Crippen LogP contribution in [0.1, 0.15) is 50.5 Å². The number of rotatable bonds is 5. The summed E-state index contributed by atoms with van der Waals surface area (Å²) in [5.41, 5.74) is 1.97. The number of carbonyl (C=O) groups is 2. The summed E-state index contributed by atoms with van der Waals surface area (Å²) in [7, 11) is 0.767. The molecule has 1 aliphatic heterocycles. The number of ether oxygens (including phenoxy) is 1. The first-order valence-corrected chi connectivity index (χ1v) is 9.54. The number of methoxy groups -OCH3 is 1. The Morgan fingerprint density at radius 3 is 2.45 bits per heavy atom. The third-order valence-corrected chi connectivity index (χ3v) is 5.56. The summed E-state index contributed by atoms with van der Waals surface area (Å²) < 4.78 is 17.2. The van der Waals surface area contributed by atoms with Gasteiger partial charge in [0.25, 0.3) is 0 Å². The molecule has 29 heavy (non-hydrogen) atoms. The van der Waals surface area contributed by atoms with E-state index < -0.39 is 24.3 Å². The van der Waals surface area contributed by atoms with Gasteiger partial charge in [-0.2, -0.15) is 0 Å². The molecular formula is C21H27BN2O5. The van der Waals surface area contributed by atoms with Crippen molar-refractivity contribution in [3.05, 3.63) is 41.0 Å². The second kappa shape index (κ2) is 7.69. The van der Waals surface area contributed by atoms with Crippen molar-refractivity contribution in [1.82, 2.24) is 10.3 Å². The Morgan fingerprint density at radius 1 is 1.21 bits per heavy atom. The van der Waals surface area contributed by atoms with Gasteiger partial charge in [0.2, 0.25) is 5.91 Å². The van der Waals surface area contributed by atoms with Crippen LogP contribution in [-0.2, 0) is 18.8 Å². The molecule has 1 aliphatic rings. The fourth-order valence-electron chi connectivity index (χ4n) is 3.14. The van der Waals surface area contributed by atoms with E-state index in [1.165, 1.54) is 14.0 Å². The summed E-state index contributed by atoms with van der Waals surface area (Å²) in [5, 5.41) is 3.58. The molecule has 2 N–H and O–H groups in total. The Labute approximate surface area is 170 Å². The number of esters is 1. The summed E-state index contributed by atoms with van der Waals surface area (Å²) in [6.07, 6.45) is 3.56. The predicted octanol–water partition coefficient (Wildman–Crippen LogP) is 3.11. The number of carbonyl (C=O) groups excluding carboxylic acids is 2. The molecule has 8 heteroatoms. The van der Waals surface area contributed by atoms with E-state index in [2.05, 4.69) is 10.3 Å². The van der Waals surface area contributed by atoms with Crippen LogP contribution in [0.15, 0.2) is 29.9 Å². The van der Waals surface area contributed by atoms with Crippen molar-refractivity contribution in [2.45, 2.75) is 45.8 Å². The summed E-state index contributed by atoms with van der Waals surface area (Å²) in [4.78, 5) is 26.6. The summed E-state index contributed by atoms with van der Waals surface area (Å²) in [6.45, 7) is 9.70. The van der Waals surface area contributed by atoms with Gasteiger partial charge in [-0.25, -0.2) is 4.79 Å². The van der Waals surface area contributed by atoms with E-state index in [-0.39, 0.29) is 5.91 Å². The second-order valence-electron chi connectivity index (χ2n) is 8.22. The minimum absolute atomic E-state index is 0.138. The lowest BCUT2D eigenvalue weighted by atomic mass is 9.77. The van der Waals surface area contributed by atoms with E-state index >= 15 is 0 Å². The van der Waals surface area contributed by atoms with Crippen LogP contribution in [0.3, 0.4) is 0 Å². The first-order chi connectivity index (χ1) is 13.5. The SMILES string of the molecule is COC(=O)c1c[nH]c2ccc(C=C(CNC(C)=O)B3OC(C)(C)C(C)(C)O3)cc12. The molecule has 0 bridgehead atoms. The van der Waals surface area contributed by atoms with Crippen LogP contribution in [0.2, 0.25) is 0 Å². The Morgan fingerprint density at radius 2 is 1.86 bits per heavy atom. The molecule has 1 aromatic carbocycles. The molecule has 0 unspecified atom stereocenters. The monoisotopic (exact) mass is 398 g/mol. The number of fused-ring (bicyclic) bond motifs is 1. The average Bonchev–Trinajstić information content (AvgIpc) is 3.15. The zero-order valence-electron chi connectivity index (χ0n) is 17.7. The maximum Gasteiger partial charge on any atom is 0.492 e. The van der Waals surface area contributed by atoms with Crippen LogP contribution in [0.25, 0.3) is 17.0 Å². The van der Waals surface area contributed by atoms with Gasteiger partial charge in [-0.1, -0.05) is 12.1 Å². The Balaban J connectivity index is 1.99. The molecule has 1 amide bonds. The van der Waals surface area contributed by atoms with Gasteiger partial charge in [-0.3, -0.25) is 4.79 Å². The molecule has 0 spiro atoms. The van der Waals surface area contributed by atoms with Crippen molar-refractivity contribution in [2.75, 3.05) is 13.7 Å². The summed E-state index contributed by atoms with van der Waals surface area (Å²) in [6, 6.07) is 5.73. The quantitative estimate of drug-likeness (QED) is 0.597. The van der Waals surface area contributed by atoms with E-state index in [0.717, 1.165) is 21.9 Å². The number of H-pyrrole nitrogens is 1. The highest BCUT2D eigenvalue weighted by Crippen LogP contribution is 2.38. The van der Waals surface area contributed by atoms with Crippen molar-refractivity contribution in [3.8, 4) is 0 Å². The van der Waals surface area contributed by atoms with E-state index in [1.54, 1.807) is 6.20 Å². The highest BCUT2D eigenvalue weighted by atomic mass is 16.7. The van der Waals surface area contributed by atoms with Crippen molar-refractivity contribution in [3.63, 3.8) is 0 Å². The first kappa shape index (κ1) is 21.1. The molecule has 0 radical (unpaired) electrons. The van der Waals surface area contributed by atoms with Gasteiger partial charge in [0.1, 0.15) is 0 Å². The molecule has 2 aromatic rings. The fraction of sp³-hybridized carbons (Fsp3) is 0.429. The highest BCUT2D eigenvalue weighted by Gasteiger charge is 2.52. The van der Waals surface area contributed by atoms with Gasteiger partial charge in [-0.05, 0) is 50.9 Å². The summed E-state index contributed by atoms with van der Waals surface area (Å²) >= 11 is 0. The van der Waals surface area contributed by atoms with E-state index in [4.69, 9.17) is 14.0 Å². The van der Waals surface area contributed by atoms with Crippen molar-refractivity contribution >= 4 is 36.0 Å². The molecule has 1 saturated heterocycles. The van der Waals surface area contributed by atoms with Gasteiger partial charge in [0.05, 0.1) is 23.9 Å². The van der Waals surface area contributed by atoms with Crippen LogP contribution in [0, 0.1) is 0 Å². The zero-order valence-corrected chi connectivity index (χ0v) is 17.7. The summed E-state index contributed by atoms with van der Waals surface area (Å²) in [5.74, 6) is -0.539. The molecule has 0 aliphatic carbocycles. The lowest BCUT2D eigenvalue weighted by Crippen LogP contribution is -2.41. The maximum atomic E-state index is 12.0. The Bertz CT molecular complexity index is 961. The number of aromatic nitrogens is 1. The molecule has 0 saturated carbocycles. The molecule has 1 aromatic heterocycles. The molecular weight excluding hydrogens is 371 g/mol. The average molecular weight is 398 g/mol. The van der Waals surface area contributed by atoms with E-state index in [9.17, 15) is 9.59 Å². The lowest BCUT2D eigenvalue weighted by molar-refractivity contribution is -0.118. The number of hydrogen-bond acceptors (Lipinski definition) is 5. The third kappa shape index (κ3) is 4.23. The number of benzene rings is 1. The van der Waals surface area contributed by atoms with Gasteiger partial charge >= 0.3 is 13.1 Å². The smallest absolute Gasteiger partial charge is 0.465 e.